The molecule has 2 rings (SSSR count). The van der Waals surface area contributed by atoms with Gasteiger partial charge in [0.05, 0.1) is 17.1 Å². The van der Waals surface area contributed by atoms with Crippen LogP contribution in [0.5, 0.6) is 0 Å². The Kier molecular flexibility index (Phi) is 5.41. The highest BCUT2D eigenvalue weighted by molar-refractivity contribution is 6.35. The summed E-state index contributed by atoms with van der Waals surface area (Å²) in [5.41, 5.74) is 6.98. The minimum absolute atomic E-state index is 0.120. The maximum atomic E-state index is 12.8. The predicted molar refractivity (Wildman–Crippen MR) is 86.9 cm³/mol. The molecule has 0 aliphatic carbocycles. The van der Waals surface area contributed by atoms with Gasteiger partial charge in [-0.05, 0) is 35.9 Å². The van der Waals surface area contributed by atoms with Crippen molar-refractivity contribution < 1.29 is 9.18 Å². The molecule has 114 valence electrons. The molecule has 0 fully saturated rings. The summed E-state index contributed by atoms with van der Waals surface area (Å²) in [7, 11) is 0. The van der Waals surface area contributed by atoms with Gasteiger partial charge in [-0.15, -0.1) is 0 Å². The third-order valence-corrected chi connectivity index (χ3v) is 3.43. The van der Waals surface area contributed by atoms with Crippen molar-refractivity contribution in [3.8, 4) is 0 Å². The van der Waals surface area contributed by atoms with Crippen molar-refractivity contribution in [1.82, 2.24) is 10.9 Å². The van der Waals surface area contributed by atoms with Crippen LogP contribution in [0.3, 0.4) is 0 Å². The zero-order chi connectivity index (χ0) is 16.1. The van der Waals surface area contributed by atoms with Gasteiger partial charge in [-0.2, -0.15) is 0 Å². The van der Waals surface area contributed by atoms with Crippen LogP contribution >= 0.6 is 23.2 Å². The molecule has 1 amide bonds. The predicted octanol–water partition coefficient (Wildman–Crippen LogP) is 3.97. The van der Waals surface area contributed by atoms with E-state index in [2.05, 4.69) is 17.4 Å². The Morgan fingerprint density at radius 1 is 1.09 bits per heavy atom. The Labute approximate surface area is 137 Å². The molecular formula is C16H13Cl2FN2O. The summed E-state index contributed by atoms with van der Waals surface area (Å²) in [5, 5.41) is 0.944. The highest BCUT2D eigenvalue weighted by Gasteiger charge is 2.07. The van der Waals surface area contributed by atoms with E-state index in [1.54, 1.807) is 30.3 Å². The lowest BCUT2D eigenvalue weighted by atomic mass is 10.1. The van der Waals surface area contributed by atoms with Crippen LogP contribution in [0.15, 0.2) is 49.0 Å². The quantitative estimate of drug-likeness (QED) is 0.810. The number of hydrogen-bond donors (Lipinski definition) is 2. The molecule has 0 unspecified atom stereocenters. The van der Waals surface area contributed by atoms with Gasteiger partial charge >= 0.3 is 0 Å². The number of rotatable bonds is 5. The topological polar surface area (TPSA) is 41.1 Å². The molecule has 0 atom stereocenters. The van der Waals surface area contributed by atoms with Crippen molar-refractivity contribution in [3.05, 3.63) is 76.0 Å². The molecule has 0 aliphatic heterocycles. The maximum Gasteiger partial charge on any atom is 0.242 e. The Morgan fingerprint density at radius 2 is 1.77 bits per heavy atom. The van der Waals surface area contributed by atoms with E-state index in [0.29, 0.717) is 26.9 Å². The van der Waals surface area contributed by atoms with E-state index < -0.39 is 0 Å². The molecule has 0 heterocycles. The summed E-state index contributed by atoms with van der Waals surface area (Å²) in [6.07, 6.45) is 0.120. The first-order valence-electron chi connectivity index (χ1n) is 6.39. The molecule has 3 nitrogen and oxygen atoms in total. The monoisotopic (exact) mass is 338 g/mol. The lowest BCUT2D eigenvalue weighted by Gasteiger charge is -2.12. The summed E-state index contributed by atoms with van der Waals surface area (Å²) in [5.74, 6) is -0.620. The molecule has 0 saturated heterocycles. The van der Waals surface area contributed by atoms with Gasteiger partial charge in [-0.25, -0.2) is 4.39 Å². The average Bonchev–Trinajstić information content (AvgIpc) is 2.47. The largest absolute Gasteiger partial charge is 0.299 e. The van der Waals surface area contributed by atoms with E-state index in [4.69, 9.17) is 23.2 Å². The maximum absolute atomic E-state index is 12.8. The number of hydrazine groups is 1. The van der Waals surface area contributed by atoms with Crippen LogP contribution in [-0.2, 0) is 11.2 Å². The Hall–Kier alpha value is -2.04. The number of halogens is 3. The van der Waals surface area contributed by atoms with Crippen LogP contribution in [0.4, 0.5) is 4.39 Å². The summed E-state index contributed by atoms with van der Waals surface area (Å²) >= 11 is 11.9. The highest BCUT2D eigenvalue weighted by Crippen LogP contribution is 2.24. The summed E-state index contributed by atoms with van der Waals surface area (Å²) in [4.78, 5) is 11.8. The van der Waals surface area contributed by atoms with E-state index >= 15 is 0 Å². The van der Waals surface area contributed by atoms with Gasteiger partial charge in [0.25, 0.3) is 0 Å². The molecule has 2 aromatic rings. The van der Waals surface area contributed by atoms with Gasteiger partial charge in [-0.3, -0.25) is 15.6 Å². The molecule has 0 bridgehead atoms. The highest BCUT2D eigenvalue weighted by atomic mass is 35.5. The van der Waals surface area contributed by atoms with Crippen LogP contribution in [-0.4, -0.2) is 5.91 Å². The summed E-state index contributed by atoms with van der Waals surface area (Å²) in [6, 6.07) is 10.7. The smallest absolute Gasteiger partial charge is 0.242 e. The average molecular weight is 339 g/mol. The van der Waals surface area contributed by atoms with Gasteiger partial charge < -0.3 is 0 Å². The standard InChI is InChI=1S/C16H13Cl2FN2O/c1-10(14-7-4-12(17)9-15(14)18)20-21-16(22)8-11-2-5-13(19)6-3-11/h2-7,9,20H,1,8H2,(H,21,22). The molecule has 2 N–H and O–H groups in total. The first kappa shape index (κ1) is 16.3. The molecule has 0 spiro atoms. The van der Waals surface area contributed by atoms with Gasteiger partial charge in [0.2, 0.25) is 5.91 Å². The molecule has 2 aromatic carbocycles. The lowest BCUT2D eigenvalue weighted by molar-refractivity contribution is -0.121. The first-order valence-corrected chi connectivity index (χ1v) is 7.15. The molecular weight excluding hydrogens is 326 g/mol. The number of hydrogen-bond acceptors (Lipinski definition) is 2. The van der Waals surface area contributed by atoms with Gasteiger partial charge in [0.1, 0.15) is 5.82 Å². The van der Waals surface area contributed by atoms with Crippen LogP contribution < -0.4 is 10.9 Å². The van der Waals surface area contributed by atoms with Crippen LogP contribution in [0, 0.1) is 5.82 Å². The van der Waals surface area contributed by atoms with Crippen LogP contribution in [0.25, 0.3) is 5.70 Å². The number of amides is 1. The summed E-state index contributed by atoms with van der Waals surface area (Å²) in [6.45, 7) is 3.80. The van der Waals surface area contributed by atoms with Crippen molar-refractivity contribution in [2.45, 2.75) is 6.42 Å². The molecule has 6 heteroatoms. The normalized spacial score (nSPS) is 10.1. The molecule has 0 radical (unpaired) electrons. The van der Waals surface area contributed by atoms with Gasteiger partial charge in [-0.1, -0.05) is 41.9 Å². The van der Waals surface area contributed by atoms with Crippen molar-refractivity contribution >= 4 is 34.8 Å². The molecule has 22 heavy (non-hydrogen) atoms. The van der Waals surface area contributed by atoms with Crippen molar-refractivity contribution in [1.29, 1.82) is 0 Å². The van der Waals surface area contributed by atoms with E-state index in [9.17, 15) is 9.18 Å². The lowest BCUT2D eigenvalue weighted by Crippen LogP contribution is -2.36. The van der Waals surface area contributed by atoms with Crippen LogP contribution in [0.2, 0.25) is 10.0 Å². The van der Waals surface area contributed by atoms with Gasteiger partial charge in [0, 0.05) is 10.6 Å². The second-order valence-corrected chi connectivity index (χ2v) is 5.42. The second-order valence-electron chi connectivity index (χ2n) is 4.58. The zero-order valence-corrected chi connectivity index (χ0v) is 13.0. The Bertz CT molecular complexity index is 702. The Balaban J connectivity index is 1.90. The zero-order valence-electron chi connectivity index (χ0n) is 11.5. The second kappa shape index (κ2) is 7.29. The number of carbonyl (C=O) groups excluding carboxylic acids is 1. The van der Waals surface area contributed by atoms with E-state index in [1.807, 2.05) is 0 Å². The van der Waals surface area contributed by atoms with Crippen LogP contribution in [0.1, 0.15) is 11.1 Å². The summed E-state index contributed by atoms with van der Waals surface area (Å²) < 4.78 is 12.8. The molecule has 0 saturated carbocycles. The van der Waals surface area contributed by atoms with Crippen molar-refractivity contribution in [2.75, 3.05) is 0 Å². The third-order valence-electron chi connectivity index (χ3n) is 2.89. The number of nitrogens with one attached hydrogen (secondary N) is 2. The third kappa shape index (κ3) is 4.48. The van der Waals surface area contributed by atoms with E-state index in [1.165, 1.54) is 12.1 Å². The first-order chi connectivity index (χ1) is 10.5. The minimum Gasteiger partial charge on any atom is -0.299 e. The molecule has 0 aliphatic rings. The van der Waals surface area contributed by atoms with E-state index in [0.717, 1.165) is 0 Å². The van der Waals surface area contributed by atoms with Gasteiger partial charge in [0.15, 0.2) is 0 Å². The van der Waals surface area contributed by atoms with E-state index in [-0.39, 0.29) is 18.1 Å². The fraction of sp³-hybridized carbons (Fsp3) is 0.0625. The van der Waals surface area contributed by atoms with Crippen molar-refractivity contribution in [3.63, 3.8) is 0 Å². The Morgan fingerprint density at radius 3 is 2.41 bits per heavy atom. The SMILES string of the molecule is C=C(NNC(=O)Cc1ccc(F)cc1)c1ccc(Cl)cc1Cl. The minimum atomic E-state index is -0.340. The number of benzene rings is 2. The van der Waals surface area contributed by atoms with Crippen molar-refractivity contribution in [2.24, 2.45) is 0 Å². The number of carbonyl (C=O) groups is 1. The fourth-order valence-electron chi connectivity index (χ4n) is 1.78. The fourth-order valence-corrected chi connectivity index (χ4v) is 2.30. The molecule has 0 aromatic heterocycles.